The van der Waals surface area contributed by atoms with Crippen LogP contribution in [0.25, 0.3) is 0 Å². The van der Waals surface area contributed by atoms with Crippen LogP contribution in [0.1, 0.15) is 50.6 Å². The van der Waals surface area contributed by atoms with Gasteiger partial charge in [-0.3, -0.25) is 9.69 Å². The minimum atomic E-state index is -0.0814. The molecule has 2 heterocycles. The van der Waals surface area contributed by atoms with Crippen LogP contribution in [0.4, 0.5) is 0 Å². The maximum absolute atomic E-state index is 13.2. The SMILES string of the molecule is CC1CCCN(C(C(=O)N2CCCCC2)c2ccccc2)C1. The van der Waals surface area contributed by atoms with Gasteiger partial charge in [0, 0.05) is 19.6 Å². The summed E-state index contributed by atoms with van der Waals surface area (Å²) in [6, 6.07) is 10.3. The average Bonchev–Trinajstić information content (AvgIpc) is 2.57. The van der Waals surface area contributed by atoms with Gasteiger partial charge in [0.15, 0.2) is 0 Å². The molecular weight excluding hydrogens is 272 g/mol. The number of nitrogens with zero attached hydrogens (tertiary/aromatic N) is 2. The van der Waals surface area contributed by atoms with Crippen molar-refractivity contribution in [2.24, 2.45) is 5.92 Å². The Morgan fingerprint density at radius 1 is 1.05 bits per heavy atom. The Balaban J connectivity index is 1.83. The first-order chi connectivity index (χ1) is 10.8. The van der Waals surface area contributed by atoms with Gasteiger partial charge in [-0.2, -0.15) is 0 Å². The summed E-state index contributed by atoms with van der Waals surface area (Å²) in [5.41, 5.74) is 1.16. The Hall–Kier alpha value is -1.35. The molecule has 1 aromatic rings. The van der Waals surface area contributed by atoms with E-state index in [9.17, 15) is 4.79 Å². The quantitative estimate of drug-likeness (QED) is 0.853. The van der Waals surface area contributed by atoms with E-state index in [1.807, 2.05) is 6.07 Å². The Morgan fingerprint density at radius 3 is 2.45 bits per heavy atom. The van der Waals surface area contributed by atoms with Crippen molar-refractivity contribution < 1.29 is 4.79 Å². The summed E-state index contributed by atoms with van der Waals surface area (Å²) in [7, 11) is 0. The highest BCUT2D eigenvalue weighted by Gasteiger charge is 2.33. The summed E-state index contributed by atoms with van der Waals surface area (Å²) >= 11 is 0. The van der Waals surface area contributed by atoms with Crippen molar-refractivity contribution in [3.8, 4) is 0 Å². The highest BCUT2D eigenvalue weighted by atomic mass is 16.2. The third kappa shape index (κ3) is 3.52. The molecule has 0 spiro atoms. The number of amides is 1. The maximum atomic E-state index is 13.2. The molecule has 0 aliphatic carbocycles. The van der Waals surface area contributed by atoms with Gasteiger partial charge in [-0.25, -0.2) is 0 Å². The number of carbonyl (C=O) groups is 1. The van der Waals surface area contributed by atoms with E-state index in [1.54, 1.807) is 0 Å². The summed E-state index contributed by atoms with van der Waals surface area (Å²) < 4.78 is 0. The van der Waals surface area contributed by atoms with Crippen LogP contribution >= 0.6 is 0 Å². The molecule has 0 aromatic heterocycles. The topological polar surface area (TPSA) is 23.6 Å². The zero-order valence-corrected chi connectivity index (χ0v) is 13.7. The summed E-state index contributed by atoms with van der Waals surface area (Å²) in [5, 5.41) is 0. The number of benzene rings is 1. The van der Waals surface area contributed by atoms with Gasteiger partial charge in [0.1, 0.15) is 6.04 Å². The van der Waals surface area contributed by atoms with Crippen molar-refractivity contribution in [3.63, 3.8) is 0 Å². The Morgan fingerprint density at radius 2 is 1.77 bits per heavy atom. The van der Waals surface area contributed by atoms with Crippen molar-refractivity contribution in [1.82, 2.24) is 9.80 Å². The Bertz CT molecular complexity index is 481. The van der Waals surface area contributed by atoms with Crippen LogP contribution in [-0.4, -0.2) is 41.9 Å². The monoisotopic (exact) mass is 300 g/mol. The van der Waals surface area contributed by atoms with Gasteiger partial charge >= 0.3 is 0 Å². The first kappa shape index (κ1) is 15.5. The lowest BCUT2D eigenvalue weighted by Gasteiger charge is -2.39. The molecule has 120 valence electrons. The molecule has 2 saturated heterocycles. The lowest BCUT2D eigenvalue weighted by atomic mass is 9.95. The molecule has 1 aromatic carbocycles. The second kappa shape index (κ2) is 7.28. The second-order valence-corrected chi connectivity index (χ2v) is 6.94. The van der Waals surface area contributed by atoms with Crippen molar-refractivity contribution in [2.45, 2.75) is 45.1 Å². The van der Waals surface area contributed by atoms with E-state index in [0.717, 1.165) is 44.6 Å². The molecule has 0 N–H and O–H groups in total. The number of hydrogen-bond acceptors (Lipinski definition) is 2. The summed E-state index contributed by atoms with van der Waals surface area (Å²) in [5.74, 6) is 1.01. The summed E-state index contributed by atoms with van der Waals surface area (Å²) in [6.07, 6.45) is 6.07. The highest BCUT2D eigenvalue weighted by Crippen LogP contribution is 2.29. The van der Waals surface area contributed by atoms with Gasteiger partial charge in [-0.15, -0.1) is 0 Å². The van der Waals surface area contributed by atoms with Crippen LogP contribution in [0.5, 0.6) is 0 Å². The molecule has 0 bridgehead atoms. The molecule has 2 atom stereocenters. The molecule has 2 unspecified atom stereocenters. The Kier molecular flexibility index (Phi) is 5.14. The molecule has 1 amide bonds. The van der Waals surface area contributed by atoms with E-state index in [1.165, 1.54) is 19.3 Å². The van der Waals surface area contributed by atoms with Crippen molar-refractivity contribution in [1.29, 1.82) is 0 Å². The van der Waals surface area contributed by atoms with Crippen molar-refractivity contribution in [2.75, 3.05) is 26.2 Å². The van der Waals surface area contributed by atoms with Gasteiger partial charge in [-0.05, 0) is 50.1 Å². The third-order valence-electron chi connectivity index (χ3n) is 5.07. The number of hydrogen-bond donors (Lipinski definition) is 0. The lowest BCUT2D eigenvalue weighted by Crippen LogP contribution is -2.47. The van der Waals surface area contributed by atoms with E-state index in [-0.39, 0.29) is 6.04 Å². The molecule has 3 rings (SSSR count). The average molecular weight is 300 g/mol. The van der Waals surface area contributed by atoms with Crippen LogP contribution in [0, 0.1) is 5.92 Å². The van der Waals surface area contributed by atoms with E-state index < -0.39 is 0 Å². The predicted octanol–water partition coefficient (Wildman–Crippen LogP) is 3.47. The smallest absolute Gasteiger partial charge is 0.244 e. The fourth-order valence-electron chi connectivity index (χ4n) is 3.89. The molecular formula is C19H28N2O. The first-order valence-corrected chi connectivity index (χ1v) is 8.83. The highest BCUT2D eigenvalue weighted by molar-refractivity contribution is 5.83. The maximum Gasteiger partial charge on any atom is 0.244 e. The third-order valence-corrected chi connectivity index (χ3v) is 5.07. The molecule has 2 aliphatic heterocycles. The first-order valence-electron chi connectivity index (χ1n) is 8.83. The molecule has 0 radical (unpaired) electrons. The van der Waals surface area contributed by atoms with Gasteiger partial charge in [0.25, 0.3) is 0 Å². The number of rotatable bonds is 3. The molecule has 2 aliphatic rings. The number of carbonyl (C=O) groups excluding carboxylic acids is 1. The van der Waals surface area contributed by atoms with Crippen molar-refractivity contribution >= 4 is 5.91 Å². The van der Waals surface area contributed by atoms with Gasteiger partial charge in [-0.1, -0.05) is 37.3 Å². The molecule has 3 heteroatoms. The normalized spacial score (nSPS) is 25.0. The van der Waals surface area contributed by atoms with Crippen LogP contribution < -0.4 is 0 Å². The molecule has 3 nitrogen and oxygen atoms in total. The van der Waals surface area contributed by atoms with Crippen LogP contribution in [0.3, 0.4) is 0 Å². The molecule has 22 heavy (non-hydrogen) atoms. The minimum absolute atomic E-state index is 0.0814. The zero-order valence-electron chi connectivity index (χ0n) is 13.7. The molecule has 0 saturated carbocycles. The van der Waals surface area contributed by atoms with E-state index in [0.29, 0.717) is 11.8 Å². The molecule has 2 fully saturated rings. The Labute approximate surface area is 134 Å². The number of piperidine rings is 2. The van der Waals surface area contributed by atoms with Crippen LogP contribution in [0.15, 0.2) is 30.3 Å². The fraction of sp³-hybridized carbons (Fsp3) is 0.632. The standard InChI is InChI=1S/C19H28N2O/c1-16-9-8-14-21(15-16)18(17-10-4-2-5-11-17)19(22)20-12-6-3-7-13-20/h2,4-5,10-11,16,18H,3,6-9,12-15H2,1H3. The van der Waals surface area contributed by atoms with Crippen LogP contribution in [-0.2, 0) is 4.79 Å². The zero-order chi connectivity index (χ0) is 15.4. The van der Waals surface area contributed by atoms with E-state index >= 15 is 0 Å². The van der Waals surface area contributed by atoms with Gasteiger partial charge in [0.2, 0.25) is 5.91 Å². The number of likely N-dealkylation sites (tertiary alicyclic amines) is 2. The minimum Gasteiger partial charge on any atom is -0.341 e. The second-order valence-electron chi connectivity index (χ2n) is 6.94. The van der Waals surface area contributed by atoms with Crippen molar-refractivity contribution in [3.05, 3.63) is 35.9 Å². The van der Waals surface area contributed by atoms with Gasteiger partial charge < -0.3 is 4.90 Å². The summed E-state index contributed by atoms with van der Waals surface area (Å²) in [4.78, 5) is 17.7. The van der Waals surface area contributed by atoms with E-state index in [2.05, 4.69) is 41.0 Å². The van der Waals surface area contributed by atoms with Gasteiger partial charge in [0.05, 0.1) is 0 Å². The van der Waals surface area contributed by atoms with Crippen LogP contribution in [0.2, 0.25) is 0 Å². The largest absolute Gasteiger partial charge is 0.341 e. The lowest BCUT2D eigenvalue weighted by molar-refractivity contribution is -0.139. The summed E-state index contributed by atoms with van der Waals surface area (Å²) in [6.45, 7) is 6.26. The predicted molar refractivity (Wildman–Crippen MR) is 89.6 cm³/mol. The van der Waals surface area contributed by atoms with E-state index in [4.69, 9.17) is 0 Å². The fourth-order valence-corrected chi connectivity index (χ4v) is 3.89.